The number of para-hydroxylation sites is 2. The van der Waals surface area contributed by atoms with Crippen LogP contribution in [0.5, 0.6) is 5.75 Å². The average molecular weight is 440 g/mol. The molecule has 3 aromatic carbocycles. The lowest BCUT2D eigenvalue weighted by Gasteiger charge is -2.11. The van der Waals surface area contributed by atoms with Gasteiger partial charge in [0.2, 0.25) is 5.95 Å². The number of nitrogens with one attached hydrogen (secondary N) is 1. The standard InChI is InChI=1S/C25H21FN6O/c1-33-20-13-6-5-12-19(20)22-21-23(27)32(18-10-3-2-4-11-18)31-24(21)30-25(29-22)28-15-16-8-7-9-17(26)14-16/h2-14H,15,27H2,1H3,(H,28,30,31). The van der Waals surface area contributed by atoms with E-state index in [-0.39, 0.29) is 5.82 Å². The fraction of sp³-hybridized carbons (Fsp3) is 0.0800. The molecule has 0 radical (unpaired) electrons. The highest BCUT2D eigenvalue weighted by Crippen LogP contribution is 2.37. The van der Waals surface area contributed by atoms with Crippen molar-refractivity contribution >= 4 is 22.8 Å². The van der Waals surface area contributed by atoms with Crippen molar-refractivity contribution in [1.29, 1.82) is 0 Å². The summed E-state index contributed by atoms with van der Waals surface area (Å²) in [6, 6.07) is 23.5. The van der Waals surface area contributed by atoms with Gasteiger partial charge in [0.15, 0.2) is 5.65 Å². The summed E-state index contributed by atoms with van der Waals surface area (Å²) in [5.74, 6) is 1.13. The topological polar surface area (TPSA) is 90.9 Å². The molecular formula is C25H21FN6O. The number of nitrogens with zero attached hydrogens (tertiary/aromatic N) is 4. The lowest BCUT2D eigenvalue weighted by Crippen LogP contribution is -2.05. The second-order valence-corrected chi connectivity index (χ2v) is 7.41. The van der Waals surface area contributed by atoms with Crippen LogP contribution in [-0.4, -0.2) is 26.9 Å². The predicted octanol–water partition coefficient (Wildman–Crippen LogP) is 4.82. The van der Waals surface area contributed by atoms with Gasteiger partial charge in [-0.05, 0) is 42.0 Å². The molecule has 0 aliphatic carbocycles. The molecule has 0 spiro atoms. The Morgan fingerprint density at radius 2 is 1.76 bits per heavy atom. The van der Waals surface area contributed by atoms with Crippen LogP contribution in [0.2, 0.25) is 0 Å². The number of methoxy groups -OCH3 is 1. The zero-order valence-electron chi connectivity index (χ0n) is 17.9. The number of anilines is 2. The third-order valence-corrected chi connectivity index (χ3v) is 5.27. The molecule has 3 N–H and O–H groups in total. The van der Waals surface area contributed by atoms with Gasteiger partial charge in [0.1, 0.15) is 17.4 Å². The van der Waals surface area contributed by atoms with E-state index in [0.29, 0.717) is 40.8 Å². The Morgan fingerprint density at radius 3 is 2.55 bits per heavy atom. The molecular weight excluding hydrogens is 419 g/mol. The summed E-state index contributed by atoms with van der Waals surface area (Å²) >= 11 is 0. The second-order valence-electron chi connectivity index (χ2n) is 7.41. The van der Waals surface area contributed by atoms with Gasteiger partial charge in [-0.2, -0.15) is 4.98 Å². The highest BCUT2D eigenvalue weighted by Gasteiger charge is 2.21. The molecule has 5 rings (SSSR count). The quantitative estimate of drug-likeness (QED) is 0.393. The van der Waals surface area contributed by atoms with E-state index in [1.165, 1.54) is 12.1 Å². The molecule has 0 unspecified atom stereocenters. The highest BCUT2D eigenvalue weighted by molar-refractivity contribution is 6.00. The minimum absolute atomic E-state index is 0.297. The number of rotatable bonds is 6. The normalized spacial score (nSPS) is 11.0. The molecule has 0 atom stereocenters. The maximum absolute atomic E-state index is 13.6. The van der Waals surface area contributed by atoms with E-state index < -0.39 is 0 Å². The summed E-state index contributed by atoms with van der Waals surface area (Å²) < 4.78 is 20.8. The van der Waals surface area contributed by atoms with Gasteiger partial charge in [-0.15, -0.1) is 5.10 Å². The molecule has 0 bridgehead atoms. The van der Waals surface area contributed by atoms with Gasteiger partial charge in [-0.25, -0.2) is 14.1 Å². The number of aromatic nitrogens is 4. The Labute approximate surface area is 189 Å². The van der Waals surface area contributed by atoms with Gasteiger partial charge in [0, 0.05) is 12.1 Å². The fourth-order valence-electron chi connectivity index (χ4n) is 3.72. The molecule has 33 heavy (non-hydrogen) atoms. The first-order valence-corrected chi connectivity index (χ1v) is 10.4. The maximum Gasteiger partial charge on any atom is 0.225 e. The van der Waals surface area contributed by atoms with E-state index >= 15 is 0 Å². The molecule has 0 amide bonds. The smallest absolute Gasteiger partial charge is 0.225 e. The fourth-order valence-corrected chi connectivity index (χ4v) is 3.72. The summed E-state index contributed by atoms with van der Waals surface area (Å²) in [5, 5.41) is 8.46. The first kappa shape index (κ1) is 20.4. The van der Waals surface area contributed by atoms with Gasteiger partial charge in [0.25, 0.3) is 0 Å². The number of nitrogens with two attached hydrogens (primary N) is 1. The lowest BCUT2D eigenvalue weighted by atomic mass is 10.1. The Morgan fingerprint density at radius 1 is 0.970 bits per heavy atom. The van der Waals surface area contributed by atoms with Crippen LogP contribution in [0.25, 0.3) is 28.0 Å². The SMILES string of the molecule is COc1ccccc1-c1nc(NCc2cccc(F)c2)nc2nn(-c3ccccc3)c(N)c12. The number of benzene rings is 3. The Bertz CT molecular complexity index is 1430. The molecule has 0 saturated heterocycles. The van der Waals surface area contributed by atoms with Crippen LogP contribution < -0.4 is 15.8 Å². The largest absolute Gasteiger partial charge is 0.496 e. The van der Waals surface area contributed by atoms with E-state index in [4.69, 9.17) is 15.5 Å². The van der Waals surface area contributed by atoms with Gasteiger partial charge >= 0.3 is 0 Å². The maximum atomic E-state index is 13.6. The van der Waals surface area contributed by atoms with Gasteiger partial charge < -0.3 is 15.8 Å². The Kier molecular flexibility index (Phi) is 5.32. The van der Waals surface area contributed by atoms with Crippen molar-refractivity contribution in [3.8, 4) is 22.7 Å². The number of ether oxygens (including phenoxy) is 1. The lowest BCUT2D eigenvalue weighted by molar-refractivity contribution is 0.416. The summed E-state index contributed by atoms with van der Waals surface area (Å²) in [7, 11) is 1.61. The monoisotopic (exact) mass is 440 g/mol. The molecule has 5 aromatic rings. The van der Waals surface area contributed by atoms with E-state index in [2.05, 4.69) is 15.4 Å². The second kappa shape index (κ2) is 8.58. The van der Waals surface area contributed by atoms with E-state index in [1.807, 2.05) is 60.7 Å². The van der Waals surface area contributed by atoms with Crippen molar-refractivity contribution in [1.82, 2.24) is 19.7 Å². The highest BCUT2D eigenvalue weighted by atomic mass is 19.1. The molecule has 7 nitrogen and oxygen atoms in total. The molecule has 8 heteroatoms. The number of hydrogen-bond donors (Lipinski definition) is 2. The summed E-state index contributed by atoms with van der Waals surface area (Å²) in [4.78, 5) is 9.35. The van der Waals surface area contributed by atoms with Crippen LogP contribution in [0.4, 0.5) is 16.2 Å². The summed E-state index contributed by atoms with van der Waals surface area (Å²) in [6.45, 7) is 0.351. The molecule has 0 saturated carbocycles. The first-order valence-electron chi connectivity index (χ1n) is 10.4. The predicted molar refractivity (Wildman–Crippen MR) is 127 cm³/mol. The van der Waals surface area contributed by atoms with Crippen LogP contribution in [0.1, 0.15) is 5.56 Å². The molecule has 2 heterocycles. The number of nitrogen functional groups attached to an aromatic ring is 1. The molecule has 0 aliphatic rings. The van der Waals surface area contributed by atoms with Gasteiger partial charge in [-0.1, -0.05) is 42.5 Å². The van der Waals surface area contributed by atoms with E-state index in [0.717, 1.165) is 16.8 Å². The molecule has 2 aromatic heterocycles. The third kappa shape index (κ3) is 3.94. The minimum Gasteiger partial charge on any atom is -0.496 e. The Balaban J connectivity index is 1.66. The molecule has 0 fully saturated rings. The molecule has 0 aliphatic heterocycles. The summed E-state index contributed by atoms with van der Waals surface area (Å²) in [6.07, 6.45) is 0. The number of halogens is 1. The van der Waals surface area contributed by atoms with E-state index in [9.17, 15) is 4.39 Å². The van der Waals surface area contributed by atoms with Crippen molar-refractivity contribution in [2.75, 3.05) is 18.2 Å². The van der Waals surface area contributed by atoms with Crippen molar-refractivity contribution < 1.29 is 9.13 Å². The van der Waals surface area contributed by atoms with Crippen LogP contribution in [0.3, 0.4) is 0 Å². The molecule has 164 valence electrons. The van der Waals surface area contributed by atoms with E-state index in [1.54, 1.807) is 17.9 Å². The van der Waals surface area contributed by atoms with Gasteiger partial charge in [-0.3, -0.25) is 0 Å². The van der Waals surface area contributed by atoms with Crippen LogP contribution in [0, 0.1) is 5.82 Å². The number of fused-ring (bicyclic) bond motifs is 1. The van der Waals surface area contributed by atoms with Crippen LogP contribution >= 0.6 is 0 Å². The van der Waals surface area contributed by atoms with Gasteiger partial charge in [0.05, 0.1) is 23.9 Å². The van der Waals surface area contributed by atoms with Crippen molar-refractivity contribution in [2.45, 2.75) is 6.54 Å². The minimum atomic E-state index is -0.297. The Hall–Kier alpha value is -4.46. The van der Waals surface area contributed by atoms with Crippen molar-refractivity contribution in [3.05, 3.63) is 90.2 Å². The number of hydrogen-bond acceptors (Lipinski definition) is 6. The third-order valence-electron chi connectivity index (χ3n) is 5.27. The first-order chi connectivity index (χ1) is 16.1. The van der Waals surface area contributed by atoms with Crippen molar-refractivity contribution in [3.63, 3.8) is 0 Å². The van der Waals surface area contributed by atoms with Crippen LogP contribution in [0.15, 0.2) is 78.9 Å². The zero-order chi connectivity index (χ0) is 22.8. The summed E-state index contributed by atoms with van der Waals surface area (Å²) in [5.41, 5.74) is 9.93. The van der Waals surface area contributed by atoms with Crippen LogP contribution in [-0.2, 0) is 6.54 Å². The average Bonchev–Trinajstić information content (AvgIpc) is 3.19. The van der Waals surface area contributed by atoms with Crippen molar-refractivity contribution in [2.24, 2.45) is 0 Å². The zero-order valence-corrected chi connectivity index (χ0v) is 17.9.